The standard InChI is InChI=1S/C21H21NO5S/c1-13-4-6-14(7-5-13)18-19(28-11-10-23)21(25)22(20(18)24)16-12-15(26-2)8-9-17(16)27-3/h4-9,12,23H,10-11H2,1-3H3. The van der Waals surface area contributed by atoms with Crippen LogP contribution in [0.4, 0.5) is 5.69 Å². The van der Waals surface area contributed by atoms with Crippen molar-refractivity contribution in [1.29, 1.82) is 0 Å². The average Bonchev–Trinajstić information content (AvgIpc) is 2.96. The third kappa shape index (κ3) is 3.63. The SMILES string of the molecule is COc1ccc(OC)c(N2C(=O)C(SCCO)=C(c3ccc(C)cc3)C2=O)c1. The fourth-order valence-electron chi connectivity index (χ4n) is 2.96. The molecule has 0 fully saturated rings. The van der Waals surface area contributed by atoms with Crippen molar-refractivity contribution in [1.82, 2.24) is 0 Å². The first kappa shape index (κ1) is 20.0. The van der Waals surface area contributed by atoms with Gasteiger partial charge in [-0.2, -0.15) is 0 Å². The van der Waals surface area contributed by atoms with E-state index in [2.05, 4.69) is 0 Å². The minimum absolute atomic E-state index is 0.0979. The number of aryl methyl sites for hydroxylation is 1. The zero-order valence-electron chi connectivity index (χ0n) is 15.9. The number of nitrogens with zero attached hydrogens (tertiary/aromatic N) is 1. The van der Waals surface area contributed by atoms with E-state index in [0.717, 1.165) is 10.5 Å². The zero-order valence-corrected chi connectivity index (χ0v) is 16.7. The summed E-state index contributed by atoms with van der Waals surface area (Å²) < 4.78 is 10.6. The molecule has 2 amide bonds. The van der Waals surface area contributed by atoms with Crippen LogP contribution in [0.3, 0.4) is 0 Å². The Morgan fingerprint density at radius 1 is 1.00 bits per heavy atom. The Labute approximate surface area is 167 Å². The van der Waals surface area contributed by atoms with Gasteiger partial charge in [-0.3, -0.25) is 9.59 Å². The summed E-state index contributed by atoms with van der Waals surface area (Å²) in [6.07, 6.45) is 0. The minimum atomic E-state index is -0.439. The summed E-state index contributed by atoms with van der Waals surface area (Å²) in [7, 11) is 2.99. The fraction of sp³-hybridized carbons (Fsp3) is 0.238. The average molecular weight is 399 g/mol. The lowest BCUT2D eigenvalue weighted by molar-refractivity contribution is -0.119. The number of carbonyl (C=O) groups excluding carboxylic acids is 2. The Morgan fingerprint density at radius 3 is 2.32 bits per heavy atom. The summed E-state index contributed by atoms with van der Waals surface area (Å²) in [5, 5.41) is 9.22. The van der Waals surface area contributed by atoms with Crippen LogP contribution in [0.2, 0.25) is 0 Å². The molecule has 7 heteroatoms. The van der Waals surface area contributed by atoms with Crippen molar-refractivity contribution >= 4 is 34.8 Å². The molecule has 28 heavy (non-hydrogen) atoms. The van der Waals surface area contributed by atoms with Gasteiger partial charge in [0.1, 0.15) is 11.5 Å². The van der Waals surface area contributed by atoms with Crippen molar-refractivity contribution < 1.29 is 24.2 Å². The highest BCUT2D eigenvalue weighted by Gasteiger charge is 2.41. The molecule has 0 radical (unpaired) electrons. The molecule has 1 heterocycles. The molecule has 1 aliphatic rings. The van der Waals surface area contributed by atoms with E-state index in [1.807, 2.05) is 31.2 Å². The highest BCUT2D eigenvalue weighted by Crippen LogP contribution is 2.42. The minimum Gasteiger partial charge on any atom is -0.497 e. The second kappa shape index (κ2) is 8.50. The van der Waals surface area contributed by atoms with Crippen LogP contribution < -0.4 is 14.4 Å². The summed E-state index contributed by atoms with van der Waals surface area (Å²) in [6, 6.07) is 12.4. The highest BCUT2D eigenvalue weighted by molar-refractivity contribution is 8.04. The Morgan fingerprint density at radius 2 is 1.71 bits per heavy atom. The number of imide groups is 1. The molecule has 1 aliphatic heterocycles. The first-order valence-electron chi connectivity index (χ1n) is 8.67. The number of thioether (sulfide) groups is 1. The van der Waals surface area contributed by atoms with Crippen LogP contribution in [0.1, 0.15) is 11.1 Å². The van der Waals surface area contributed by atoms with E-state index in [0.29, 0.717) is 39.0 Å². The molecule has 0 spiro atoms. The first-order chi connectivity index (χ1) is 13.5. The normalized spacial score (nSPS) is 14.1. The summed E-state index contributed by atoms with van der Waals surface area (Å²) >= 11 is 1.17. The van der Waals surface area contributed by atoms with Gasteiger partial charge in [0.05, 0.1) is 37.0 Å². The van der Waals surface area contributed by atoms with Crippen LogP contribution in [0.15, 0.2) is 47.4 Å². The van der Waals surface area contributed by atoms with Crippen molar-refractivity contribution in [3.05, 3.63) is 58.5 Å². The van der Waals surface area contributed by atoms with Gasteiger partial charge >= 0.3 is 0 Å². The highest BCUT2D eigenvalue weighted by atomic mass is 32.2. The summed E-state index contributed by atoms with van der Waals surface area (Å²) in [6.45, 7) is 1.86. The molecule has 0 saturated heterocycles. The van der Waals surface area contributed by atoms with E-state index in [9.17, 15) is 14.7 Å². The Hall–Kier alpha value is -2.77. The molecule has 0 saturated carbocycles. The van der Waals surface area contributed by atoms with Crippen molar-refractivity contribution in [2.45, 2.75) is 6.92 Å². The van der Waals surface area contributed by atoms with Gasteiger partial charge in [0.2, 0.25) is 0 Å². The predicted molar refractivity (Wildman–Crippen MR) is 110 cm³/mol. The molecule has 0 bridgehead atoms. The van der Waals surface area contributed by atoms with Gasteiger partial charge in [0.25, 0.3) is 11.8 Å². The second-order valence-electron chi connectivity index (χ2n) is 6.13. The lowest BCUT2D eigenvalue weighted by atomic mass is 10.0. The molecule has 3 rings (SSSR count). The molecular formula is C21H21NO5S. The number of carbonyl (C=O) groups is 2. The van der Waals surface area contributed by atoms with Gasteiger partial charge in [0, 0.05) is 11.8 Å². The number of amides is 2. The number of ether oxygens (including phenoxy) is 2. The molecule has 0 atom stereocenters. The lowest BCUT2D eigenvalue weighted by Gasteiger charge is -2.19. The maximum Gasteiger partial charge on any atom is 0.272 e. The van der Waals surface area contributed by atoms with Gasteiger partial charge < -0.3 is 14.6 Å². The van der Waals surface area contributed by atoms with E-state index in [1.165, 1.54) is 26.0 Å². The number of benzene rings is 2. The maximum atomic E-state index is 13.3. The molecule has 0 aliphatic carbocycles. The molecule has 1 N–H and O–H groups in total. The Bertz CT molecular complexity index is 936. The Balaban J connectivity index is 2.12. The van der Waals surface area contributed by atoms with Gasteiger partial charge in [-0.05, 0) is 24.6 Å². The maximum absolute atomic E-state index is 13.3. The van der Waals surface area contributed by atoms with Crippen LogP contribution in [0.25, 0.3) is 5.57 Å². The third-order valence-corrected chi connectivity index (χ3v) is 5.40. The molecule has 6 nitrogen and oxygen atoms in total. The third-order valence-electron chi connectivity index (χ3n) is 4.35. The van der Waals surface area contributed by atoms with Crippen molar-refractivity contribution in [3.63, 3.8) is 0 Å². The molecular weight excluding hydrogens is 378 g/mol. The van der Waals surface area contributed by atoms with Gasteiger partial charge in [-0.1, -0.05) is 29.8 Å². The first-order valence-corrected chi connectivity index (χ1v) is 9.66. The number of aliphatic hydroxyl groups is 1. The van der Waals surface area contributed by atoms with Crippen molar-refractivity contribution in [2.24, 2.45) is 0 Å². The van der Waals surface area contributed by atoms with E-state index in [-0.39, 0.29) is 6.61 Å². The number of hydrogen-bond donors (Lipinski definition) is 1. The van der Waals surface area contributed by atoms with Gasteiger partial charge in [-0.25, -0.2) is 4.90 Å². The van der Waals surface area contributed by atoms with Crippen LogP contribution in [0.5, 0.6) is 11.5 Å². The van der Waals surface area contributed by atoms with Crippen molar-refractivity contribution in [3.8, 4) is 11.5 Å². The van der Waals surface area contributed by atoms with Gasteiger partial charge in [-0.15, -0.1) is 11.8 Å². The van der Waals surface area contributed by atoms with Crippen LogP contribution >= 0.6 is 11.8 Å². The van der Waals surface area contributed by atoms with E-state index in [1.54, 1.807) is 18.2 Å². The smallest absolute Gasteiger partial charge is 0.272 e. The molecule has 0 aromatic heterocycles. The number of anilines is 1. The van der Waals surface area contributed by atoms with E-state index < -0.39 is 11.8 Å². The number of methoxy groups -OCH3 is 2. The lowest BCUT2D eigenvalue weighted by Crippen LogP contribution is -2.31. The van der Waals surface area contributed by atoms with E-state index in [4.69, 9.17) is 9.47 Å². The summed E-state index contributed by atoms with van der Waals surface area (Å²) in [5.74, 6) is 0.336. The predicted octanol–water partition coefficient (Wildman–Crippen LogP) is 3.02. The van der Waals surface area contributed by atoms with Crippen LogP contribution in [-0.2, 0) is 9.59 Å². The van der Waals surface area contributed by atoms with Crippen LogP contribution in [0, 0.1) is 6.92 Å². The number of rotatable bonds is 7. The summed E-state index contributed by atoms with van der Waals surface area (Å²) in [4.78, 5) is 27.9. The topological polar surface area (TPSA) is 76.1 Å². The number of hydrogen-bond acceptors (Lipinski definition) is 6. The molecule has 2 aromatic rings. The second-order valence-corrected chi connectivity index (χ2v) is 7.23. The quantitative estimate of drug-likeness (QED) is 0.722. The zero-order chi connectivity index (χ0) is 20.3. The van der Waals surface area contributed by atoms with E-state index >= 15 is 0 Å². The Kier molecular flexibility index (Phi) is 6.06. The molecule has 0 unspecified atom stereocenters. The van der Waals surface area contributed by atoms with Crippen molar-refractivity contribution in [2.75, 3.05) is 31.5 Å². The summed E-state index contributed by atoms with van der Waals surface area (Å²) in [5.41, 5.74) is 2.36. The number of aliphatic hydroxyl groups excluding tert-OH is 1. The fourth-order valence-corrected chi connectivity index (χ4v) is 3.82. The van der Waals surface area contributed by atoms with Gasteiger partial charge in [0.15, 0.2) is 0 Å². The molecule has 146 valence electrons. The largest absolute Gasteiger partial charge is 0.497 e. The van der Waals surface area contributed by atoms with Crippen LogP contribution in [-0.4, -0.2) is 43.5 Å². The monoisotopic (exact) mass is 399 g/mol. The molecule has 2 aromatic carbocycles.